The van der Waals surface area contributed by atoms with Gasteiger partial charge in [-0.2, -0.15) is 0 Å². The number of rotatable bonds is 3. The summed E-state index contributed by atoms with van der Waals surface area (Å²) in [6.45, 7) is 5.91. The molecule has 0 saturated heterocycles. The highest BCUT2D eigenvalue weighted by molar-refractivity contribution is 6.03. The van der Waals surface area contributed by atoms with Crippen LogP contribution in [-0.2, 0) is 11.2 Å². The van der Waals surface area contributed by atoms with Crippen molar-refractivity contribution in [1.82, 2.24) is 0 Å². The highest BCUT2D eigenvalue weighted by Crippen LogP contribution is 2.29. The molecule has 1 N–H and O–H groups in total. The van der Waals surface area contributed by atoms with Crippen LogP contribution in [0.25, 0.3) is 0 Å². The van der Waals surface area contributed by atoms with Crippen molar-refractivity contribution < 1.29 is 9.59 Å². The first-order chi connectivity index (χ1) is 7.94. The molecule has 0 atom stereocenters. The van der Waals surface area contributed by atoms with Gasteiger partial charge in [-0.05, 0) is 30.2 Å². The summed E-state index contributed by atoms with van der Waals surface area (Å²) >= 11 is 0. The van der Waals surface area contributed by atoms with Crippen LogP contribution >= 0.6 is 0 Å². The quantitative estimate of drug-likeness (QED) is 0.813. The zero-order valence-electron chi connectivity index (χ0n) is 10.5. The lowest BCUT2D eigenvalue weighted by Crippen LogP contribution is -2.23. The van der Waals surface area contributed by atoms with E-state index in [1.165, 1.54) is 0 Å². The Labute approximate surface area is 101 Å². The molecule has 0 aliphatic carbocycles. The van der Waals surface area contributed by atoms with Crippen LogP contribution in [0.4, 0.5) is 5.69 Å². The number of benzene rings is 1. The molecule has 1 aliphatic rings. The molecule has 0 unspecified atom stereocenters. The maximum absolute atomic E-state index is 12.3. The second-order valence-electron chi connectivity index (χ2n) is 5.16. The van der Waals surface area contributed by atoms with Gasteiger partial charge in [-0.3, -0.25) is 9.59 Å². The standard InChI is InChI=1S/C14H17NO2/c1-4-14(2,3)13(17)9-5-6-11-10(7-9)8-12(16)15-11/h5-7H,4,8H2,1-3H3,(H,15,16). The Morgan fingerprint density at radius 3 is 2.76 bits per heavy atom. The maximum Gasteiger partial charge on any atom is 0.228 e. The van der Waals surface area contributed by atoms with Crippen LogP contribution < -0.4 is 5.32 Å². The van der Waals surface area contributed by atoms with E-state index in [0.717, 1.165) is 17.7 Å². The van der Waals surface area contributed by atoms with Gasteiger partial charge in [0.2, 0.25) is 5.91 Å². The van der Waals surface area contributed by atoms with Gasteiger partial charge in [0.1, 0.15) is 0 Å². The van der Waals surface area contributed by atoms with Gasteiger partial charge >= 0.3 is 0 Å². The van der Waals surface area contributed by atoms with Crippen LogP contribution in [0.3, 0.4) is 0 Å². The molecule has 3 nitrogen and oxygen atoms in total. The minimum atomic E-state index is -0.343. The van der Waals surface area contributed by atoms with Crippen LogP contribution in [0.1, 0.15) is 43.1 Å². The third-order valence-corrected chi connectivity index (χ3v) is 3.49. The molecule has 3 heteroatoms. The van der Waals surface area contributed by atoms with E-state index in [0.29, 0.717) is 12.0 Å². The van der Waals surface area contributed by atoms with Crippen LogP contribution in [-0.4, -0.2) is 11.7 Å². The number of amides is 1. The zero-order chi connectivity index (χ0) is 12.6. The van der Waals surface area contributed by atoms with Crippen molar-refractivity contribution in [3.8, 4) is 0 Å². The molecule has 0 radical (unpaired) electrons. The number of hydrogen-bond donors (Lipinski definition) is 1. The number of carbonyl (C=O) groups excluding carboxylic acids is 2. The maximum atomic E-state index is 12.3. The van der Waals surface area contributed by atoms with Crippen molar-refractivity contribution in [2.24, 2.45) is 5.41 Å². The van der Waals surface area contributed by atoms with E-state index in [9.17, 15) is 9.59 Å². The van der Waals surface area contributed by atoms with Crippen molar-refractivity contribution in [1.29, 1.82) is 0 Å². The van der Waals surface area contributed by atoms with Crippen molar-refractivity contribution in [2.75, 3.05) is 5.32 Å². The first kappa shape index (κ1) is 11.8. The topological polar surface area (TPSA) is 46.2 Å². The Kier molecular flexibility index (Phi) is 2.77. The molecule has 0 saturated carbocycles. The van der Waals surface area contributed by atoms with Gasteiger partial charge in [-0.25, -0.2) is 0 Å². The predicted octanol–water partition coefficient (Wildman–Crippen LogP) is 2.80. The molecule has 1 heterocycles. The number of nitrogens with one attached hydrogen (secondary N) is 1. The lowest BCUT2D eigenvalue weighted by atomic mass is 9.81. The summed E-state index contributed by atoms with van der Waals surface area (Å²) in [7, 11) is 0. The Morgan fingerprint density at radius 1 is 1.41 bits per heavy atom. The molecule has 2 rings (SSSR count). The fourth-order valence-electron chi connectivity index (χ4n) is 1.92. The molecule has 0 bridgehead atoms. The number of ketones is 1. The SMILES string of the molecule is CCC(C)(C)C(=O)c1ccc2c(c1)CC(=O)N2. The first-order valence-electron chi connectivity index (χ1n) is 5.91. The predicted molar refractivity (Wildman–Crippen MR) is 67.2 cm³/mol. The second kappa shape index (κ2) is 3.99. The molecule has 1 amide bonds. The number of carbonyl (C=O) groups is 2. The van der Waals surface area contributed by atoms with Gasteiger partial charge < -0.3 is 5.32 Å². The summed E-state index contributed by atoms with van der Waals surface area (Å²) in [6.07, 6.45) is 1.18. The van der Waals surface area contributed by atoms with Crippen molar-refractivity contribution >= 4 is 17.4 Å². The zero-order valence-corrected chi connectivity index (χ0v) is 10.5. The van der Waals surface area contributed by atoms with E-state index in [-0.39, 0.29) is 17.1 Å². The molecular formula is C14H17NO2. The minimum absolute atomic E-state index is 0.000601. The van der Waals surface area contributed by atoms with Gasteiger partial charge in [0, 0.05) is 16.7 Å². The average molecular weight is 231 g/mol. The van der Waals surface area contributed by atoms with E-state index in [4.69, 9.17) is 0 Å². The molecule has 17 heavy (non-hydrogen) atoms. The molecule has 1 aromatic rings. The molecule has 0 fully saturated rings. The van der Waals surface area contributed by atoms with Gasteiger partial charge in [0.15, 0.2) is 5.78 Å². The number of Topliss-reactive ketones (excluding diaryl/α,β-unsaturated/α-hetero) is 1. The summed E-state index contributed by atoms with van der Waals surface area (Å²) in [5.41, 5.74) is 2.12. The Bertz CT molecular complexity index is 489. The highest BCUT2D eigenvalue weighted by Gasteiger charge is 2.28. The monoisotopic (exact) mass is 231 g/mol. The van der Waals surface area contributed by atoms with Gasteiger partial charge in [0.05, 0.1) is 6.42 Å². The van der Waals surface area contributed by atoms with Gasteiger partial charge in [-0.15, -0.1) is 0 Å². The minimum Gasteiger partial charge on any atom is -0.326 e. The summed E-state index contributed by atoms with van der Waals surface area (Å²) in [6, 6.07) is 5.45. The molecule has 1 aromatic carbocycles. The van der Waals surface area contributed by atoms with Gasteiger partial charge in [0.25, 0.3) is 0 Å². The molecular weight excluding hydrogens is 214 g/mol. The Hall–Kier alpha value is -1.64. The van der Waals surface area contributed by atoms with Crippen molar-refractivity contribution in [3.05, 3.63) is 29.3 Å². The molecule has 90 valence electrons. The fraction of sp³-hybridized carbons (Fsp3) is 0.429. The van der Waals surface area contributed by atoms with Crippen LogP contribution in [0.5, 0.6) is 0 Å². The number of hydrogen-bond acceptors (Lipinski definition) is 2. The van der Waals surface area contributed by atoms with E-state index in [2.05, 4.69) is 5.32 Å². The third kappa shape index (κ3) is 2.09. The number of fused-ring (bicyclic) bond motifs is 1. The average Bonchev–Trinajstić information content (AvgIpc) is 2.66. The fourth-order valence-corrected chi connectivity index (χ4v) is 1.92. The first-order valence-corrected chi connectivity index (χ1v) is 5.91. The summed E-state index contributed by atoms with van der Waals surface area (Å²) in [5, 5.41) is 2.77. The summed E-state index contributed by atoms with van der Waals surface area (Å²) in [4.78, 5) is 23.5. The number of anilines is 1. The van der Waals surface area contributed by atoms with E-state index in [1.807, 2.05) is 32.9 Å². The van der Waals surface area contributed by atoms with Crippen molar-refractivity contribution in [3.63, 3.8) is 0 Å². The lowest BCUT2D eigenvalue weighted by molar-refractivity contribution is -0.115. The Morgan fingerprint density at radius 2 is 2.12 bits per heavy atom. The van der Waals surface area contributed by atoms with Crippen molar-refractivity contribution in [2.45, 2.75) is 33.6 Å². The van der Waals surface area contributed by atoms with Crippen LogP contribution in [0.2, 0.25) is 0 Å². The largest absolute Gasteiger partial charge is 0.326 e. The Balaban J connectivity index is 2.34. The van der Waals surface area contributed by atoms with Crippen LogP contribution in [0.15, 0.2) is 18.2 Å². The summed E-state index contributed by atoms with van der Waals surface area (Å²) in [5.74, 6) is 0.140. The summed E-state index contributed by atoms with van der Waals surface area (Å²) < 4.78 is 0. The lowest BCUT2D eigenvalue weighted by Gasteiger charge is -2.21. The smallest absolute Gasteiger partial charge is 0.228 e. The molecule has 1 aliphatic heterocycles. The highest BCUT2D eigenvalue weighted by atomic mass is 16.1. The van der Waals surface area contributed by atoms with E-state index in [1.54, 1.807) is 6.07 Å². The molecule has 0 aromatic heterocycles. The van der Waals surface area contributed by atoms with E-state index < -0.39 is 0 Å². The van der Waals surface area contributed by atoms with E-state index >= 15 is 0 Å². The second-order valence-corrected chi connectivity index (χ2v) is 5.16. The van der Waals surface area contributed by atoms with Crippen LogP contribution in [0, 0.1) is 5.41 Å². The normalized spacial score (nSPS) is 14.4. The third-order valence-electron chi connectivity index (χ3n) is 3.49. The van der Waals surface area contributed by atoms with Gasteiger partial charge in [-0.1, -0.05) is 20.8 Å². The molecule has 0 spiro atoms.